The van der Waals surface area contributed by atoms with Crippen molar-refractivity contribution in [2.24, 2.45) is 0 Å². The first-order chi connectivity index (χ1) is 10.0. The second-order valence-corrected chi connectivity index (χ2v) is 6.39. The summed E-state index contributed by atoms with van der Waals surface area (Å²) in [5.41, 5.74) is 1.24. The summed E-state index contributed by atoms with van der Waals surface area (Å²) in [4.78, 5) is 12.9. The Morgan fingerprint density at radius 2 is 2.19 bits per heavy atom. The zero-order valence-corrected chi connectivity index (χ0v) is 14.1. The van der Waals surface area contributed by atoms with Crippen molar-refractivity contribution in [2.75, 3.05) is 13.1 Å². The third-order valence-electron chi connectivity index (χ3n) is 4.20. The number of halogens is 1. The fraction of sp³-hybridized carbons (Fsp3) is 0.600. The van der Waals surface area contributed by atoms with Crippen LogP contribution >= 0.6 is 15.9 Å². The van der Waals surface area contributed by atoms with E-state index in [0.717, 1.165) is 42.5 Å². The van der Waals surface area contributed by atoms with Gasteiger partial charge in [-0.05, 0) is 24.5 Å². The number of benzene rings is 1. The Kier molecular flexibility index (Phi) is 5.72. The van der Waals surface area contributed by atoms with Gasteiger partial charge in [-0.2, -0.15) is 0 Å². The highest BCUT2D eigenvalue weighted by Gasteiger charge is 2.26. The van der Waals surface area contributed by atoms with Gasteiger partial charge in [0.05, 0.1) is 4.92 Å². The molecule has 5 nitrogen and oxygen atoms in total. The summed E-state index contributed by atoms with van der Waals surface area (Å²) in [5.74, 6) is 0. The molecule has 1 aromatic rings. The van der Waals surface area contributed by atoms with E-state index in [0.29, 0.717) is 12.1 Å². The molecule has 1 aromatic carbocycles. The van der Waals surface area contributed by atoms with Gasteiger partial charge in [-0.1, -0.05) is 29.8 Å². The number of hydrogen-bond donors (Lipinski definition) is 1. The van der Waals surface area contributed by atoms with Crippen LogP contribution in [-0.4, -0.2) is 35.0 Å². The van der Waals surface area contributed by atoms with Gasteiger partial charge in [0.2, 0.25) is 0 Å². The van der Waals surface area contributed by atoms with Crippen molar-refractivity contribution >= 4 is 21.6 Å². The second kappa shape index (κ2) is 7.33. The zero-order chi connectivity index (χ0) is 15.4. The number of rotatable bonds is 5. The van der Waals surface area contributed by atoms with E-state index in [1.807, 2.05) is 6.07 Å². The fourth-order valence-corrected chi connectivity index (χ4v) is 3.29. The highest BCUT2D eigenvalue weighted by atomic mass is 79.9. The Morgan fingerprint density at radius 3 is 2.76 bits per heavy atom. The molecule has 1 aliphatic rings. The molecule has 0 aliphatic carbocycles. The minimum absolute atomic E-state index is 0.129. The third-order valence-corrected chi connectivity index (χ3v) is 4.94. The van der Waals surface area contributed by atoms with Crippen molar-refractivity contribution in [1.29, 1.82) is 0 Å². The summed E-state index contributed by atoms with van der Waals surface area (Å²) in [6.07, 6.45) is 2.22. The Hall–Kier alpha value is -0.980. The maximum atomic E-state index is 10.8. The number of nitro benzene ring substituents is 1. The lowest BCUT2D eigenvalue weighted by atomic mass is 10.0. The molecule has 0 aromatic heterocycles. The van der Waals surface area contributed by atoms with Gasteiger partial charge >= 0.3 is 0 Å². The molecule has 1 N–H and O–H groups in total. The number of nitrogens with zero attached hydrogens (tertiary/aromatic N) is 2. The lowest BCUT2D eigenvalue weighted by molar-refractivity contribution is -0.384. The molecule has 21 heavy (non-hydrogen) atoms. The van der Waals surface area contributed by atoms with Gasteiger partial charge in [0, 0.05) is 48.3 Å². The van der Waals surface area contributed by atoms with Crippen LogP contribution < -0.4 is 5.32 Å². The fourth-order valence-electron chi connectivity index (χ4n) is 2.79. The molecule has 116 valence electrons. The van der Waals surface area contributed by atoms with Crippen LogP contribution in [0.2, 0.25) is 0 Å². The molecule has 0 amide bonds. The number of hydrogen-bond acceptors (Lipinski definition) is 4. The molecule has 6 heteroatoms. The Morgan fingerprint density at radius 1 is 1.43 bits per heavy atom. The maximum absolute atomic E-state index is 10.8. The van der Waals surface area contributed by atoms with E-state index in [9.17, 15) is 10.1 Å². The van der Waals surface area contributed by atoms with Crippen molar-refractivity contribution in [3.8, 4) is 0 Å². The third kappa shape index (κ3) is 4.02. The minimum Gasteiger partial charge on any atom is -0.311 e. The van der Waals surface area contributed by atoms with E-state index in [1.54, 1.807) is 12.1 Å². The Labute approximate surface area is 134 Å². The lowest BCUT2D eigenvalue weighted by Crippen LogP contribution is -2.55. The van der Waals surface area contributed by atoms with Gasteiger partial charge in [-0.15, -0.1) is 0 Å². The first kappa shape index (κ1) is 16.4. The van der Waals surface area contributed by atoms with E-state index in [4.69, 9.17) is 0 Å². The Balaban J connectivity index is 2.13. The highest BCUT2D eigenvalue weighted by molar-refractivity contribution is 9.10. The number of nitrogens with one attached hydrogen (secondary N) is 1. The molecular weight excluding hydrogens is 334 g/mol. The van der Waals surface area contributed by atoms with Crippen molar-refractivity contribution in [3.05, 3.63) is 38.3 Å². The molecule has 1 aliphatic heterocycles. The first-order valence-electron chi connectivity index (χ1n) is 7.45. The topological polar surface area (TPSA) is 58.4 Å². The first-order valence-corrected chi connectivity index (χ1v) is 8.24. The molecule has 1 heterocycles. The molecule has 2 rings (SSSR count). The summed E-state index contributed by atoms with van der Waals surface area (Å²) < 4.78 is 0.818. The summed E-state index contributed by atoms with van der Waals surface area (Å²) in [6.45, 7) is 7.27. The van der Waals surface area contributed by atoms with Crippen molar-refractivity contribution in [3.63, 3.8) is 0 Å². The lowest BCUT2D eigenvalue weighted by Gasteiger charge is -2.40. The van der Waals surface area contributed by atoms with Crippen LogP contribution in [0.5, 0.6) is 0 Å². The molecule has 2 unspecified atom stereocenters. The second-order valence-electron chi connectivity index (χ2n) is 5.54. The molecular formula is C15H22BrN3O2. The van der Waals surface area contributed by atoms with Crippen molar-refractivity contribution < 1.29 is 4.92 Å². The molecule has 1 saturated heterocycles. The SMILES string of the molecule is CCC1CN(Cc2ccc([N+](=O)[O-])cc2Br)C(CC)CN1. The van der Waals surface area contributed by atoms with Crippen LogP contribution in [0.15, 0.2) is 22.7 Å². The predicted molar refractivity (Wildman–Crippen MR) is 87.4 cm³/mol. The van der Waals surface area contributed by atoms with Gasteiger partial charge in [-0.25, -0.2) is 0 Å². The van der Waals surface area contributed by atoms with E-state index in [-0.39, 0.29) is 10.6 Å². The average Bonchev–Trinajstić information content (AvgIpc) is 2.49. The summed E-state index contributed by atoms with van der Waals surface area (Å²) >= 11 is 3.47. The molecule has 2 atom stereocenters. The van der Waals surface area contributed by atoms with Gasteiger partial charge in [0.15, 0.2) is 0 Å². The summed E-state index contributed by atoms with van der Waals surface area (Å²) in [6, 6.07) is 6.09. The van der Waals surface area contributed by atoms with Crippen LogP contribution in [-0.2, 0) is 6.54 Å². The van der Waals surface area contributed by atoms with Crippen molar-refractivity contribution in [1.82, 2.24) is 10.2 Å². The molecule has 1 fully saturated rings. The molecule has 0 saturated carbocycles. The van der Waals surface area contributed by atoms with E-state index in [1.165, 1.54) is 0 Å². The van der Waals surface area contributed by atoms with Crippen LogP contribution in [0.4, 0.5) is 5.69 Å². The van der Waals surface area contributed by atoms with E-state index < -0.39 is 0 Å². The zero-order valence-electron chi connectivity index (χ0n) is 12.5. The van der Waals surface area contributed by atoms with Gasteiger partial charge in [0.25, 0.3) is 5.69 Å². The molecule has 0 bridgehead atoms. The Bertz CT molecular complexity index is 510. The van der Waals surface area contributed by atoms with Gasteiger partial charge in [0.1, 0.15) is 0 Å². The molecule has 0 spiro atoms. The quantitative estimate of drug-likeness (QED) is 0.650. The average molecular weight is 356 g/mol. The van der Waals surface area contributed by atoms with E-state index in [2.05, 4.69) is 40.0 Å². The minimum atomic E-state index is -0.360. The maximum Gasteiger partial charge on any atom is 0.270 e. The number of non-ortho nitro benzene ring substituents is 1. The number of piperazine rings is 1. The predicted octanol–water partition coefficient (Wildman–Crippen LogP) is 3.32. The van der Waals surface area contributed by atoms with Gasteiger partial charge in [-0.3, -0.25) is 15.0 Å². The summed E-state index contributed by atoms with van der Waals surface area (Å²) in [5, 5.41) is 14.4. The highest BCUT2D eigenvalue weighted by Crippen LogP contribution is 2.26. The monoisotopic (exact) mass is 355 g/mol. The normalized spacial score (nSPS) is 23.2. The van der Waals surface area contributed by atoms with Crippen molar-refractivity contribution in [2.45, 2.75) is 45.3 Å². The number of nitro groups is 1. The largest absolute Gasteiger partial charge is 0.311 e. The van der Waals surface area contributed by atoms with E-state index >= 15 is 0 Å². The van der Waals surface area contributed by atoms with Crippen LogP contribution in [0.3, 0.4) is 0 Å². The van der Waals surface area contributed by atoms with Crippen LogP contribution in [0.25, 0.3) is 0 Å². The van der Waals surface area contributed by atoms with Crippen LogP contribution in [0, 0.1) is 10.1 Å². The molecule has 0 radical (unpaired) electrons. The smallest absolute Gasteiger partial charge is 0.270 e. The van der Waals surface area contributed by atoms with Gasteiger partial charge < -0.3 is 5.32 Å². The van der Waals surface area contributed by atoms with Crippen LogP contribution in [0.1, 0.15) is 32.3 Å². The standard InChI is InChI=1S/C15H22BrN3O2/c1-3-12-10-18(13(4-2)8-17-12)9-11-5-6-14(19(20)21)7-15(11)16/h5-7,12-13,17H,3-4,8-10H2,1-2H3. The summed E-state index contributed by atoms with van der Waals surface area (Å²) in [7, 11) is 0.